The van der Waals surface area contributed by atoms with Crippen LogP contribution in [0.5, 0.6) is 0 Å². The number of piperazine rings is 1. The Balaban J connectivity index is 1.52. The average molecular weight is 421 g/mol. The fraction of sp³-hybridized carbons (Fsp3) is 0.190. The fourth-order valence-electron chi connectivity index (χ4n) is 3.53. The summed E-state index contributed by atoms with van der Waals surface area (Å²) in [6.45, 7) is 1.18. The molecule has 152 valence electrons. The van der Waals surface area contributed by atoms with E-state index in [-0.39, 0.29) is 12.5 Å². The van der Waals surface area contributed by atoms with E-state index in [1.54, 1.807) is 21.4 Å². The zero-order valence-corrected chi connectivity index (χ0v) is 17.1. The van der Waals surface area contributed by atoms with Crippen LogP contribution in [-0.2, 0) is 23.2 Å². The summed E-state index contributed by atoms with van der Waals surface area (Å²) in [7, 11) is 1.85. The standard InChI is InChI=1S/C21H19N5O3S/c1-25-12-15(11-24-25)19-10-18-21(29-19)17(5-6-22-18)14-3-2-4-16(9-14)30(28)26-8-7-23-20(27)13-26/h2-6,9-12H,7-8,13H2,1H3,(H,23,27). The summed E-state index contributed by atoms with van der Waals surface area (Å²) in [5.41, 5.74) is 4.02. The third kappa shape index (κ3) is 3.47. The molecule has 30 heavy (non-hydrogen) atoms. The minimum absolute atomic E-state index is 0.111. The van der Waals surface area contributed by atoms with Crippen molar-refractivity contribution in [1.29, 1.82) is 0 Å². The lowest BCUT2D eigenvalue weighted by Crippen LogP contribution is -2.49. The van der Waals surface area contributed by atoms with Crippen LogP contribution in [0.1, 0.15) is 0 Å². The summed E-state index contributed by atoms with van der Waals surface area (Å²) in [6, 6.07) is 11.3. The number of hydrogen-bond acceptors (Lipinski definition) is 6. The predicted molar refractivity (Wildman–Crippen MR) is 113 cm³/mol. The zero-order chi connectivity index (χ0) is 20.7. The monoisotopic (exact) mass is 421 g/mol. The summed E-state index contributed by atoms with van der Waals surface area (Å²) in [4.78, 5) is 16.7. The van der Waals surface area contributed by atoms with Crippen LogP contribution in [-0.4, -0.2) is 49.2 Å². The highest BCUT2D eigenvalue weighted by Gasteiger charge is 2.28. The third-order valence-electron chi connectivity index (χ3n) is 4.99. The van der Waals surface area contributed by atoms with Gasteiger partial charge in [0, 0.05) is 43.7 Å². The Morgan fingerprint density at radius 1 is 1.23 bits per heavy atom. The maximum absolute atomic E-state index is 13.0. The van der Waals surface area contributed by atoms with Crippen molar-refractivity contribution in [2.45, 2.75) is 4.90 Å². The van der Waals surface area contributed by atoms with Crippen molar-refractivity contribution < 1.29 is 13.8 Å². The molecule has 1 N–H and O–H groups in total. The molecular formula is C21H19N5O3S. The lowest BCUT2D eigenvalue weighted by Gasteiger charge is -2.27. The first-order valence-electron chi connectivity index (χ1n) is 9.50. The van der Waals surface area contributed by atoms with E-state index < -0.39 is 11.4 Å². The van der Waals surface area contributed by atoms with Crippen molar-refractivity contribution in [3.8, 4) is 22.5 Å². The highest BCUT2D eigenvalue weighted by molar-refractivity contribution is 7.89. The molecule has 9 heteroatoms. The number of nitrogens with zero attached hydrogens (tertiary/aromatic N) is 4. The molecule has 1 fully saturated rings. The largest absolute Gasteiger partial charge is 0.593 e. The van der Waals surface area contributed by atoms with E-state index >= 15 is 0 Å². The molecule has 0 aliphatic carbocycles. The molecule has 0 saturated carbocycles. The minimum Gasteiger partial charge on any atom is -0.593 e. The van der Waals surface area contributed by atoms with Crippen LogP contribution >= 0.6 is 0 Å². The van der Waals surface area contributed by atoms with Crippen LogP contribution in [0.15, 0.2) is 64.3 Å². The summed E-state index contributed by atoms with van der Waals surface area (Å²) in [6.07, 6.45) is 5.37. The van der Waals surface area contributed by atoms with Gasteiger partial charge in [0.15, 0.2) is 10.5 Å². The quantitative estimate of drug-likeness (QED) is 0.508. The van der Waals surface area contributed by atoms with E-state index in [1.807, 2.05) is 49.6 Å². The average Bonchev–Trinajstić information content (AvgIpc) is 3.39. The van der Waals surface area contributed by atoms with Crippen LogP contribution in [0, 0.1) is 0 Å². The van der Waals surface area contributed by atoms with Gasteiger partial charge in [-0.1, -0.05) is 12.1 Å². The van der Waals surface area contributed by atoms with E-state index in [0.717, 1.165) is 22.2 Å². The molecule has 4 heterocycles. The number of fused-ring (bicyclic) bond motifs is 1. The molecule has 1 saturated heterocycles. The van der Waals surface area contributed by atoms with E-state index in [2.05, 4.69) is 15.4 Å². The van der Waals surface area contributed by atoms with Crippen LogP contribution < -0.4 is 5.32 Å². The Labute approximate surface area is 175 Å². The molecule has 1 aliphatic heterocycles. The first kappa shape index (κ1) is 18.9. The van der Waals surface area contributed by atoms with Gasteiger partial charge in [0.25, 0.3) is 0 Å². The van der Waals surface area contributed by atoms with Crippen molar-refractivity contribution in [3.05, 3.63) is 55.0 Å². The molecule has 0 radical (unpaired) electrons. The lowest BCUT2D eigenvalue weighted by molar-refractivity contribution is -0.122. The maximum Gasteiger partial charge on any atom is 0.238 e. The number of aromatic nitrogens is 3. The molecular weight excluding hydrogens is 402 g/mol. The summed E-state index contributed by atoms with van der Waals surface area (Å²) >= 11 is -1.41. The van der Waals surface area contributed by atoms with Crippen LogP contribution in [0.25, 0.3) is 33.6 Å². The second kappa shape index (κ2) is 7.60. The van der Waals surface area contributed by atoms with Crippen LogP contribution in [0.2, 0.25) is 0 Å². The van der Waals surface area contributed by atoms with Gasteiger partial charge in [0.1, 0.15) is 17.8 Å². The second-order valence-corrected chi connectivity index (χ2v) is 8.56. The number of furan rings is 1. The molecule has 3 aromatic heterocycles. The van der Waals surface area contributed by atoms with Gasteiger partial charge in [-0.15, -0.1) is 4.31 Å². The highest BCUT2D eigenvalue weighted by atomic mass is 32.2. The number of benzene rings is 1. The van der Waals surface area contributed by atoms with E-state index in [4.69, 9.17) is 4.42 Å². The Bertz CT molecular complexity index is 1230. The zero-order valence-electron chi connectivity index (χ0n) is 16.2. The molecule has 0 bridgehead atoms. The first-order chi connectivity index (χ1) is 14.6. The number of aryl methyl sites for hydroxylation is 1. The molecule has 1 atom stereocenters. The number of rotatable bonds is 4. The molecule has 1 unspecified atom stereocenters. The first-order valence-corrected chi connectivity index (χ1v) is 10.6. The van der Waals surface area contributed by atoms with E-state index in [9.17, 15) is 9.35 Å². The van der Waals surface area contributed by atoms with Crippen molar-refractivity contribution >= 4 is 28.4 Å². The number of amides is 1. The molecule has 1 aromatic carbocycles. The van der Waals surface area contributed by atoms with Crippen molar-refractivity contribution in [2.75, 3.05) is 19.6 Å². The highest BCUT2D eigenvalue weighted by Crippen LogP contribution is 2.34. The fourth-order valence-corrected chi connectivity index (χ4v) is 4.75. The van der Waals surface area contributed by atoms with Gasteiger partial charge in [-0.2, -0.15) is 5.10 Å². The summed E-state index contributed by atoms with van der Waals surface area (Å²) in [5, 5.41) is 6.95. The Morgan fingerprint density at radius 2 is 2.13 bits per heavy atom. The van der Waals surface area contributed by atoms with Crippen molar-refractivity contribution in [1.82, 2.24) is 24.4 Å². The van der Waals surface area contributed by atoms with Crippen LogP contribution in [0.3, 0.4) is 0 Å². The second-order valence-electron chi connectivity index (χ2n) is 7.08. The smallest absolute Gasteiger partial charge is 0.238 e. The maximum atomic E-state index is 13.0. The topological polar surface area (TPSA) is 99.2 Å². The van der Waals surface area contributed by atoms with Crippen LogP contribution in [0.4, 0.5) is 0 Å². The Hall–Kier alpha value is -3.14. The number of carbonyl (C=O) groups is 1. The molecule has 0 spiro atoms. The van der Waals surface area contributed by atoms with Gasteiger partial charge in [0.2, 0.25) is 5.91 Å². The molecule has 8 nitrogen and oxygen atoms in total. The van der Waals surface area contributed by atoms with Gasteiger partial charge >= 0.3 is 0 Å². The predicted octanol–water partition coefficient (Wildman–Crippen LogP) is 2.35. The lowest BCUT2D eigenvalue weighted by atomic mass is 10.1. The van der Waals surface area contributed by atoms with Crippen molar-refractivity contribution in [2.24, 2.45) is 7.05 Å². The van der Waals surface area contributed by atoms with Crippen molar-refractivity contribution in [3.63, 3.8) is 0 Å². The molecule has 1 amide bonds. The van der Waals surface area contributed by atoms with E-state index in [0.29, 0.717) is 29.3 Å². The van der Waals surface area contributed by atoms with E-state index in [1.165, 1.54) is 0 Å². The van der Waals surface area contributed by atoms with Gasteiger partial charge < -0.3 is 14.3 Å². The van der Waals surface area contributed by atoms with Gasteiger partial charge in [-0.05, 0) is 17.7 Å². The SMILES string of the molecule is Cn1cc(-c2cc3nccc(-c4cccc([S+]([O-])N5CCNC(=O)C5)c4)c3o2)cn1. The van der Waals surface area contributed by atoms with Gasteiger partial charge in [-0.3, -0.25) is 14.5 Å². The number of pyridine rings is 1. The summed E-state index contributed by atoms with van der Waals surface area (Å²) < 4.78 is 22.5. The Morgan fingerprint density at radius 3 is 2.93 bits per heavy atom. The molecule has 4 aromatic rings. The number of nitrogens with one attached hydrogen (secondary N) is 1. The normalized spacial score (nSPS) is 16.0. The minimum atomic E-state index is -1.41. The molecule has 5 rings (SSSR count). The number of hydrogen-bond donors (Lipinski definition) is 1. The van der Waals surface area contributed by atoms with Gasteiger partial charge in [-0.25, -0.2) is 0 Å². The summed E-state index contributed by atoms with van der Waals surface area (Å²) in [5.74, 6) is 0.581. The molecule has 1 aliphatic rings. The Kier molecular flexibility index (Phi) is 4.78. The number of carbonyl (C=O) groups excluding carboxylic acids is 1. The van der Waals surface area contributed by atoms with Gasteiger partial charge in [0.05, 0.1) is 29.7 Å². The third-order valence-corrected chi connectivity index (χ3v) is 6.42.